The molecular weight excluding hydrogens is 342 g/mol. The van der Waals surface area contributed by atoms with E-state index in [1.54, 1.807) is 23.1 Å². The average Bonchev–Trinajstić information content (AvgIpc) is 3.23. The number of carbonyl (C=O) groups excluding carboxylic acids is 1. The monoisotopic (exact) mass is 359 g/mol. The third-order valence-electron chi connectivity index (χ3n) is 4.32. The fourth-order valence-corrected chi connectivity index (χ4v) is 4.09. The highest BCUT2D eigenvalue weighted by atomic mass is 32.2. The van der Waals surface area contributed by atoms with Crippen LogP contribution in [-0.2, 0) is 21.2 Å². The van der Waals surface area contributed by atoms with Crippen LogP contribution in [0.2, 0.25) is 0 Å². The summed E-state index contributed by atoms with van der Waals surface area (Å²) in [7, 11) is -3.72. The lowest BCUT2D eigenvalue weighted by atomic mass is 10.2. The predicted octanol–water partition coefficient (Wildman–Crippen LogP) is 1.94. The van der Waals surface area contributed by atoms with E-state index in [-0.39, 0.29) is 10.8 Å². The van der Waals surface area contributed by atoms with E-state index in [0.29, 0.717) is 31.1 Å². The third kappa shape index (κ3) is 3.05. The first-order valence-corrected chi connectivity index (χ1v) is 9.56. The fraction of sp³-hybridized carbons (Fsp3) is 0.294. The maximum Gasteiger partial charge on any atom is 0.261 e. The molecular formula is C17H17N3O4S. The molecule has 0 atom stereocenters. The largest absolute Gasteiger partial charge is 0.477 e. The van der Waals surface area contributed by atoms with Crippen molar-refractivity contribution in [2.75, 3.05) is 22.8 Å². The minimum absolute atomic E-state index is 0.0696. The standard InChI is InChI=1S/C17H17N3O4S/c21-16-2-1-8-20(16)14-3-5-15(6-4-14)25(22,23)19-13-10-12-7-9-24-17(12)18-11-13/h3-6,10-11,19H,1-2,7-9H2. The first-order chi connectivity index (χ1) is 12.0. The molecule has 3 heterocycles. The van der Waals surface area contributed by atoms with Crippen molar-refractivity contribution in [1.29, 1.82) is 0 Å². The second-order valence-electron chi connectivity index (χ2n) is 6.04. The molecule has 1 saturated heterocycles. The molecule has 7 nitrogen and oxygen atoms in total. The zero-order chi connectivity index (χ0) is 17.4. The van der Waals surface area contributed by atoms with Gasteiger partial charge in [0.05, 0.1) is 23.4 Å². The summed E-state index contributed by atoms with van der Waals surface area (Å²) in [5, 5.41) is 0. The van der Waals surface area contributed by atoms with Crippen LogP contribution in [0.25, 0.3) is 0 Å². The number of anilines is 2. The molecule has 0 saturated carbocycles. The zero-order valence-corrected chi connectivity index (χ0v) is 14.3. The number of pyridine rings is 1. The van der Waals surface area contributed by atoms with Gasteiger partial charge in [0.15, 0.2) is 0 Å². The topological polar surface area (TPSA) is 88.6 Å². The number of sulfonamides is 1. The molecule has 4 rings (SSSR count). The molecule has 0 aliphatic carbocycles. The number of nitrogens with one attached hydrogen (secondary N) is 1. The number of amides is 1. The van der Waals surface area contributed by atoms with Crippen molar-refractivity contribution in [1.82, 2.24) is 4.98 Å². The van der Waals surface area contributed by atoms with Crippen LogP contribution in [0, 0.1) is 0 Å². The van der Waals surface area contributed by atoms with Gasteiger partial charge in [-0.25, -0.2) is 13.4 Å². The Kier molecular flexibility index (Phi) is 3.84. The van der Waals surface area contributed by atoms with Gasteiger partial charge in [-0.1, -0.05) is 0 Å². The van der Waals surface area contributed by atoms with Gasteiger partial charge in [0.25, 0.3) is 10.0 Å². The minimum atomic E-state index is -3.72. The number of ether oxygens (including phenoxy) is 1. The van der Waals surface area contributed by atoms with Crippen LogP contribution in [-0.4, -0.2) is 32.5 Å². The van der Waals surface area contributed by atoms with Gasteiger partial charge in [-0.05, 0) is 36.8 Å². The van der Waals surface area contributed by atoms with Crippen LogP contribution in [0.5, 0.6) is 5.88 Å². The molecule has 1 aromatic heterocycles. The highest BCUT2D eigenvalue weighted by molar-refractivity contribution is 7.92. The van der Waals surface area contributed by atoms with E-state index in [9.17, 15) is 13.2 Å². The van der Waals surface area contributed by atoms with Crippen molar-refractivity contribution in [3.63, 3.8) is 0 Å². The summed E-state index contributed by atoms with van der Waals surface area (Å²) in [6.07, 6.45) is 3.53. The highest BCUT2D eigenvalue weighted by Gasteiger charge is 2.23. The Balaban J connectivity index is 1.54. The molecule has 0 unspecified atom stereocenters. The third-order valence-corrected chi connectivity index (χ3v) is 5.72. The smallest absolute Gasteiger partial charge is 0.261 e. The quantitative estimate of drug-likeness (QED) is 0.901. The Hall–Kier alpha value is -2.61. The SMILES string of the molecule is O=C1CCCN1c1ccc(S(=O)(=O)Nc2cnc3c(c2)CCO3)cc1. The van der Waals surface area contributed by atoms with Crippen LogP contribution in [0.3, 0.4) is 0 Å². The lowest BCUT2D eigenvalue weighted by Crippen LogP contribution is -2.23. The number of benzene rings is 1. The number of hydrogen-bond acceptors (Lipinski definition) is 5. The van der Waals surface area contributed by atoms with Gasteiger partial charge in [0.1, 0.15) is 0 Å². The number of carbonyl (C=O) groups is 1. The number of hydrogen-bond donors (Lipinski definition) is 1. The van der Waals surface area contributed by atoms with Crippen molar-refractivity contribution < 1.29 is 17.9 Å². The van der Waals surface area contributed by atoms with E-state index in [2.05, 4.69) is 9.71 Å². The maximum atomic E-state index is 12.5. The molecule has 2 aromatic rings. The molecule has 1 fully saturated rings. The van der Waals surface area contributed by atoms with E-state index in [4.69, 9.17) is 4.74 Å². The Bertz CT molecular complexity index is 925. The predicted molar refractivity (Wildman–Crippen MR) is 92.3 cm³/mol. The van der Waals surface area contributed by atoms with E-state index < -0.39 is 10.0 Å². The molecule has 1 N–H and O–H groups in total. The van der Waals surface area contributed by atoms with Crippen LogP contribution in [0.1, 0.15) is 18.4 Å². The van der Waals surface area contributed by atoms with Crippen molar-refractivity contribution >= 4 is 27.3 Å². The summed E-state index contributed by atoms with van der Waals surface area (Å²) < 4.78 is 32.9. The number of nitrogens with zero attached hydrogens (tertiary/aromatic N) is 2. The van der Waals surface area contributed by atoms with Crippen molar-refractivity contribution in [3.8, 4) is 5.88 Å². The number of rotatable bonds is 4. The van der Waals surface area contributed by atoms with E-state index in [1.165, 1.54) is 18.3 Å². The molecule has 0 radical (unpaired) electrons. The molecule has 1 amide bonds. The van der Waals surface area contributed by atoms with Crippen molar-refractivity contribution in [2.24, 2.45) is 0 Å². The van der Waals surface area contributed by atoms with Gasteiger partial charge < -0.3 is 9.64 Å². The van der Waals surface area contributed by atoms with Crippen LogP contribution in [0.15, 0.2) is 41.4 Å². The number of fused-ring (bicyclic) bond motifs is 1. The van der Waals surface area contributed by atoms with Crippen LogP contribution in [0.4, 0.5) is 11.4 Å². The van der Waals surface area contributed by atoms with Crippen molar-refractivity contribution in [3.05, 3.63) is 42.1 Å². The summed E-state index contributed by atoms with van der Waals surface area (Å²) in [6, 6.07) is 8.07. The molecule has 25 heavy (non-hydrogen) atoms. The second kappa shape index (κ2) is 6.03. The molecule has 1 aromatic carbocycles. The van der Waals surface area contributed by atoms with Gasteiger partial charge >= 0.3 is 0 Å². The second-order valence-corrected chi connectivity index (χ2v) is 7.72. The summed E-state index contributed by atoms with van der Waals surface area (Å²) in [5.41, 5.74) is 2.02. The normalized spacial score (nSPS) is 16.6. The van der Waals surface area contributed by atoms with Gasteiger partial charge in [-0.3, -0.25) is 9.52 Å². The van der Waals surface area contributed by atoms with Crippen LogP contribution >= 0.6 is 0 Å². The van der Waals surface area contributed by atoms with E-state index in [0.717, 1.165) is 24.1 Å². The summed E-state index contributed by atoms with van der Waals surface area (Å²) >= 11 is 0. The molecule has 2 aliphatic heterocycles. The minimum Gasteiger partial charge on any atom is -0.477 e. The van der Waals surface area contributed by atoms with E-state index in [1.807, 2.05) is 0 Å². The molecule has 0 bridgehead atoms. The first-order valence-electron chi connectivity index (χ1n) is 8.08. The van der Waals surface area contributed by atoms with Gasteiger partial charge in [-0.15, -0.1) is 0 Å². The fourth-order valence-electron chi connectivity index (χ4n) is 3.06. The highest BCUT2D eigenvalue weighted by Crippen LogP contribution is 2.27. The Labute approximate surface area is 145 Å². The Morgan fingerprint density at radius 2 is 1.96 bits per heavy atom. The lowest BCUT2D eigenvalue weighted by molar-refractivity contribution is -0.117. The molecule has 8 heteroatoms. The average molecular weight is 359 g/mol. The zero-order valence-electron chi connectivity index (χ0n) is 13.4. The van der Waals surface area contributed by atoms with Gasteiger partial charge in [0.2, 0.25) is 11.8 Å². The Morgan fingerprint density at radius 1 is 1.16 bits per heavy atom. The molecule has 2 aliphatic rings. The molecule has 0 spiro atoms. The number of aromatic nitrogens is 1. The van der Waals surface area contributed by atoms with E-state index >= 15 is 0 Å². The Morgan fingerprint density at radius 3 is 2.68 bits per heavy atom. The lowest BCUT2D eigenvalue weighted by Gasteiger charge is -2.16. The summed E-state index contributed by atoms with van der Waals surface area (Å²) in [5.74, 6) is 0.628. The van der Waals surface area contributed by atoms with Gasteiger partial charge in [0, 0.05) is 30.6 Å². The summed E-state index contributed by atoms with van der Waals surface area (Å²) in [6.45, 7) is 1.24. The van der Waals surface area contributed by atoms with Crippen molar-refractivity contribution in [2.45, 2.75) is 24.2 Å². The summed E-state index contributed by atoms with van der Waals surface area (Å²) in [4.78, 5) is 17.7. The van der Waals surface area contributed by atoms with Crippen LogP contribution < -0.4 is 14.4 Å². The maximum absolute atomic E-state index is 12.5. The first kappa shape index (κ1) is 15.9. The molecule has 130 valence electrons. The van der Waals surface area contributed by atoms with Gasteiger partial charge in [-0.2, -0.15) is 0 Å².